The Hall–Kier alpha value is -7.60. The van der Waals surface area contributed by atoms with Crippen LogP contribution in [0, 0.1) is 0 Å². The number of benzene rings is 8. The summed E-state index contributed by atoms with van der Waals surface area (Å²) in [5, 5.41) is 4.27. The number of anilines is 4. The average Bonchev–Trinajstić information content (AvgIpc) is 3.92. The maximum atomic E-state index is 2.50. The van der Waals surface area contributed by atoms with E-state index in [0.717, 1.165) is 13.3 Å². The second-order valence-corrected chi connectivity index (χ2v) is 20.3. The third-order valence-electron chi connectivity index (χ3n) is 12.5. The minimum atomic E-state index is -2.31. The number of para-hydroxylation sites is 6. The lowest BCUT2D eigenvalue weighted by Crippen LogP contribution is -2.66. The summed E-state index contributed by atoms with van der Waals surface area (Å²) in [7, 11) is -2.31. The van der Waals surface area contributed by atoms with Crippen molar-refractivity contribution in [3.05, 3.63) is 259 Å². The monoisotopic (exact) mass is 830 g/mol. The van der Waals surface area contributed by atoms with Gasteiger partial charge in [-0.3, -0.25) is 9.80 Å². The number of rotatable bonds is 8. The summed E-state index contributed by atoms with van der Waals surface area (Å²) in [5.74, 6) is 0.336. The first-order valence-electron chi connectivity index (χ1n) is 21.9. The molecule has 8 aromatic rings. The summed E-state index contributed by atoms with van der Waals surface area (Å²) in [5.41, 5.74) is 11.3. The molecule has 11 rings (SSSR count). The van der Waals surface area contributed by atoms with E-state index in [-0.39, 0.29) is 0 Å². The summed E-state index contributed by atoms with van der Waals surface area (Å²) in [6.45, 7) is 4.05. The molecule has 0 saturated heterocycles. The van der Waals surface area contributed by atoms with Gasteiger partial charge in [-0.15, -0.1) is 0 Å². The summed E-state index contributed by atoms with van der Waals surface area (Å²) >= 11 is 0. The Morgan fingerprint density at radius 3 is 1.29 bits per heavy atom. The van der Waals surface area contributed by atoms with E-state index in [9.17, 15) is 0 Å². The van der Waals surface area contributed by atoms with Gasteiger partial charge in [0.25, 0.3) is 0 Å². The van der Waals surface area contributed by atoms with Gasteiger partial charge in [0.1, 0.15) is 8.07 Å². The maximum absolute atomic E-state index is 2.50. The molecule has 0 atom stereocenters. The van der Waals surface area contributed by atoms with Gasteiger partial charge in [0.15, 0.2) is 12.4 Å². The van der Waals surface area contributed by atoms with Crippen LogP contribution in [0.1, 0.15) is 22.6 Å². The molecule has 5 heteroatoms. The molecule has 2 heterocycles. The smallest absolute Gasteiger partial charge is 0.228 e. The first kappa shape index (κ1) is 39.5. The Morgan fingerprint density at radius 1 is 0.413 bits per heavy atom. The molecule has 0 saturated carbocycles. The highest BCUT2D eigenvalue weighted by Gasteiger charge is 2.40. The van der Waals surface area contributed by atoms with Gasteiger partial charge in [-0.05, 0) is 57.5 Å². The van der Waals surface area contributed by atoms with E-state index in [2.05, 4.69) is 281 Å². The van der Waals surface area contributed by atoms with E-state index >= 15 is 0 Å². The second-order valence-electron chi connectivity index (χ2n) is 16.4. The van der Waals surface area contributed by atoms with Crippen LogP contribution in [0.3, 0.4) is 0 Å². The Balaban J connectivity index is 0.000000156. The van der Waals surface area contributed by atoms with Crippen molar-refractivity contribution in [2.75, 3.05) is 23.1 Å². The summed E-state index contributed by atoms with van der Waals surface area (Å²) in [6, 6.07) is 78.4. The lowest BCUT2D eigenvalue weighted by molar-refractivity contribution is -0.434. The third kappa shape index (κ3) is 7.91. The van der Waals surface area contributed by atoms with Gasteiger partial charge in [0.05, 0.1) is 22.5 Å². The van der Waals surface area contributed by atoms with Crippen LogP contribution < -0.4 is 25.4 Å². The van der Waals surface area contributed by atoms with Crippen molar-refractivity contribution >= 4 is 70.2 Å². The number of hydrogen-bond donors (Lipinski definition) is 0. The van der Waals surface area contributed by atoms with Gasteiger partial charge in [-0.1, -0.05) is 189 Å². The quantitative estimate of drug-likeness (QED) is 0.0859. The average molecular weight is 831 g/mol. The zero-order valence-corrected chi connectivity index (χ0v) is 36.5. The number of fused-ring (bicyclic) bond motifs is 2. The molecule has 304 valence electrons. The molecule has 0 bridgehead atoms. The molecule has 0 spiro atoms. The fourth-order valence-corrected chi connectivity index (χ4v) is 13.2. The number of nitrogens with zero attached hydrogens (tertiary/aromatic N) is 4. The molecular weight excluding hydrogens is 781 g/mol. The van der Waals surface area contributed by atoms with E-state index in [4.69, 9.17) is 0 Å². The molecule has 4 nitrogen and oxygen atoms in total. The predicted molar refractivity (Wildman–Crippen MR) is 267 cm³/mol. The zero-order valence-electron chi connectivity index (χ0n) is 35.5. The van der Waals surface area contributed by atoms with Gasteiger partial charge in [0, 0.05) is 41.6 Å². The van der Waals surface area contributed by atoms with E-state index in [1.165, 1.54) is 66.4 Å². The second kappa shape index (κ2) is 17.8. The van der Waals surface area contributed by atoms with Crippen molar-refractivity contribution in [2.45, 2.75) is 12.5 Å². The third-order valence-corrected chi connectivity index (χ3v) is 17.0. The first-order chi connectivity index (χ1) is 31.1. The van der Waals surface area contributed by atoms with Crippen LogP contribution in [0.5, 0.6) is 0 Å². The number of allylic oxidation sites excluding steroid dienone is 4. The van der Waals surface area contributed by atoms with Gasteiger partial charge in [-0.25, -0.2) is 0 Å². The van der Waals surface area contributed by atoms with Gasteiger partial charge < -0.3 is 0 Å². The Labute approximate surface area is 372 Å². The minimum Gasteiger partial charge on any atom is -0.285 e. The minimum absolute atomic E-state index is 0.336. The van der Waals surface area contributed by atoms with Gasteiger partial charge in [0.2, 0.25) is 24.7 Å². The van der Waals surface area contributed by atoms with Crippen LogP contribution in [0.25, 0.3) is 0 Å². The van der Waals surface area contributed by atoms with E-state index in [1.807, 2.05) is 0 Å². The maximum Gasteiger partial charge on any atom is 0.228 e. The van der Waals surface area contributed by atoms with Crippen LogP contribution in [-0.4, -0.2) is 43.0 Å². The molecule has 3 aliphatic rings. The standard InChI is InChI=1S/C33H29N2Si.C25H21N2/c1-36(30-20-10-4-11-21-30,31-22-12-5-13-23-31)32-24-14-15-27-25-34(28-16-6-2-7-17-28)26-35(33(27)32)29-18-8-3-9-19-29;1-3-13-22(14-4-1)26-18-21-12-9-17-24(20-10-7-8-11-20)25(21)27(19-26)23-15-5-2-6-16-23/h2-25H,26H2,1H3;1-18,20H,19H2/q2*+1. The molecule has 0 radical (unpaired) electrons. The summed E-state index contributed by atoms with van der Waals surface area (Å²) in [4.78, 5) is 4.92. The molecule has 0 unspecified atom stereocenters. The molecule has 0 fully saturated rings. The normalized spacial score (nSPS) is 14.2. The first-order valence-corrected chi connectivity index (χ1v) is 24.4. The van der Waals surface area contributed by atoms with Crippen molar-refractivity contribution in [2.24, 2.45) is 0 Å². The molecule has 8 aromatic carbocycles. The molecular formula is C58H50N4Si+2. The van der Waals surface area contributed by atoms with Gasteiger partial charge >= 0.3 is 0 Å². The van der Waals surface area contributed by atoms with Crippen LogP contribution in [0.15, 0.2) is 243 Å². The highest BCUT2D eigenvalue weighted by Crippen LogP contribution is 2.40. The highest BCUT2D eigenvalue weighted by atomic mass is 28.3. The van der Waals surface area contributed by atoms with Crippen molar-refractivity contribution in [3.8, 4) is 0 Å². The zero-order chi connectivity index (χ0) is 42.4. The highest BCUT2D eigenvalue weighted by molar-refractivity contribution is 7.11. The van der Waals surface area contributed by atoms with Crippen LogP contribution in [0.4, 0.5) is 34.1 Å². The molecule has 0 amide bonds. The Kier molecular flexibility index (Phi) is 11.2. The lowest BCUT2D eigenvalue weighted by Gasteiger charge is -2.36. The Bertz CT molecular complexity index is 2900. The lowest BCUT2D eigenvalue weighted by atomic mass is 9.94. The molecule has 0 N–H and O–H groups in total. The van der Waals surface area contributed by atoms with E-state index in [1.54, 1.807) is 0 Å². The van der Waals surface area contributed by atoms with Crippen LogP contribution in [0.2, 0.25) is 6.55 Å². The van der Waals surface area contributed by atoms with Crippen molar-refractivity contribution in [1.29, 1.82) is 0 Å². The Morgan fingerprint density at radius 2 is 0.810 bits per heavy atom. The predicted octanol–water partition coefficient (Wildman–Crippen LogP) is 11.4. The molecule has 0 aromatic heterocycles. The molecule has 63 heavy (non-hydrogen) atoms. The van der Waals surface area contributed by atoms with Crippen molar-refractivity contribution in [3.63, 3.8) is 0 Å². The molecule has 2 aliphatic heterocycles. The summed E-state index contributed by atoms with van der Waals surface area (Å²) < 4.78 is 4.67. The van der Waals surface area contributed by atoms with Crippen LogP contribution >= 0.6 is 0 Å². The van der Waals surface area contributed by atoms with Crippen LogP contribution in [-0.2, 0) is 0 Å². The SMILES string of the molecule is C1=CC(c2cccc3c2N(c2ccccc2)C[N+](c2ccccc2)=C3)C=C1.C[Si](c1ccccc1)(c1ccccc1)c1cccc2c1N(c1ccccc1)C[N+](c1ccccc1)=C2. The van der Waals surface area contributed by atoms with Crippen molar-refractivity contribution < 1.29 is 9.15 Å². The van der Waals surface area contributed by atoms with E-state index in [0.29, 0.717) is 5.92 Å². The van der Waals surface area contributed by atoms with Crippen molar-refractivity contribution in [1.82, 2.24) is 0 Å². The number of hydrogen-bond acceptors (Lipinski definition) is 2. The largest absolute Gasteiger partial charge is 0.285 e. The summed E-state index contributed by atoms with van der Waals surface area (Å²) in [6.07, 6.45) is 13.4. The fourth-order valence-electron chi connectivity index (χ4n) is 9.35. The van der Waals surface area contributed by atoms with Gasteiger partial charge in [-0.2, -0.15) is 9.15 Å². The topological polar surface area (TPSA) is 12.5 Å². The van der Waals surface area contributed by atoms with E-state index < -0.39 is 8.07 Å². The fraction of sp³-hybridized carbons (Fsp3) is 0.0690. The molecule has 1 aliphatic carbocycles.